The number of aromatic nitrogens is 1. The number of anilines is 1. The highest BCUT2D eigenvalue weighted by Gasteiger charge is 2.16. The van der Waals surface area contributed by atoms with E-state index in [-0.39, 0.29) is 24.0 Å². The topological polar surface area (TPSA) is 43.8 Å². The Morgan fingerprint density at radius 2 is 2.10 bits per heavy atom. The molecule has 1 saturated heterocycles. The molecule has 0 bridgehead atoms. The van der Waals surface area contributed by atoms with Gasteiger partial charge in [0.2, 0.25) is 0 Å². The molecule has 1 N–H and O–H groups in total. The van der Waals surface area contributed by atoms with Crippen molar-refractivity contribution < 1.29 is 0 Å². The molecule has 1 aromatic heterocycles. The van der Waals surface area contributed by atoms with Crippen molar-refractivity contribution in [2.45, 2.75) is 19.3 Å². The van der Waals surface area contributed by atoms with Crippen LogP contribution in [0.4, 0.5) is 5.13 Å². The highest BCUT2D eigenvalue weighted by atomic mass is 127. The fourth-order valence-corrected chi connectivity index (χ4v) is 3.40. The molecule has 3 heterocycles. The van der Waals surface area contributed by atoms with Crippen molar-refractivity contribution in [2.75, 3.05) is 44.7 Å². The first-order valence-corrected chi connectivity index (χ1v) is 7.90. The molecular weight excluding hydrogens is 385 g/mol. The summed E-state index contributed by atoms with van der Waals surface area (Å²) >= 11 is 1.78. The van der Waals surface area contributed by atoms with Crippen LogP contribution in [-0.2, 0) is 6.42 Å². The van der Waals surface area contributed by atoms with Gasteiger partial charge in [-0.05, 0) is 12.8 Å². The molecule has 0 saturated carbocycles. The number of hydrogen-bond acceptors (Lipinski definition) is 6. The summed E-state index contributed by atoms with van der Waals surface area (Å²) in [7, 11) is 2.08. The number of nitrogens with one attached hydrogen (secondary N) is 1. The van der Waals surface area contributed by atoms with Crippen molar-refractivity contribution in [3.05, 3.63) is 11.1 Å². The van der Waals surface area contributed by atoms with Crippen LogP contribution in [0.3, 0.4) is 0 Å². The molecule has 1 aromatic rings. The SMILES string of the molecule is CN1CCN=C1NCCc1csc(N2CCCC2)n1.I. The van der Waals surface area contributed by atoms with Gasteiger partial charge in [-0.15, -0.1) is 35.3 Å². The van der Waals surface area contributed by atoms with Crippen molar-refractivity contribution in [2.24, 2.45) is 4.99 Å². The number of aliphatic imine (C=N–C) groups is 1. The second-order valence-electron chi connectivity index (χ2n) is 5.12. The maximum atomic E-state index is 4.73. The van der Waals surface area contributed by atoms with Crippen molar-refractivity contribution >= 4 is 46.4 Å². The van der Waals surface area contributed by atoms with Gasteiger partial charge in [-0.3, -0.25) is 4.99 Å². The molecule has 5 nitrogen and oxygen atoms in total. The van der Waals surface area contributed by atoms with E-state index in [1.807, 2.05) is 0 Å². The second-order valence-corrected chi connectivity index (χ2v) is 5.96. The molecule has 0 atom stereocenters. The lowest BCUT2D eigenvalue weighted by Gasteiger charge is -2.14. The van der Waals surface area contributed by atoms with Crippen molar-refractivity contribution in [3.63, 3.8) is 0 Å². The first kappa shape index (κ1) is 15.8. The number of nitrogens with zero attached hydrogens (tertiary/aromatic N) is 4. The van der Waals surface area contributed by atoms with Gasteiger partial charge in [-0.2, -0.15) is 0 Å². The lowest BCUT2D eigenvalue weighted by atomic mass is 10.3. The summed E-state index contributed by atoms with van der Waals surface area (Å²) in [5.41, 5.74) is 1.20. The summed E-state index contributed by atoms with van der Waals surface area (Å²) < 4.78 is 0. The molecule has 112 valence electrons. The third-order valence-corrected chi connectivity index (χ3v) is 4.59. The summed E-state index contributed by atoms with van der Waals surface area (Å²) in [4.78, 5) is 13.7. The standard InChI is InChI=1S/C13H21N5S.HI/c1-17-9-6-15-12(17)14-5-4-11-10-19-13(16-11)18-7-2-3-8-18;/h10H,2-9H2,1H3,(H,14,15);1H. The van der Waals surface area contributed by atoms with E-state index in [0.717, 1.165) is 32.0 Å². The van der Waals surface area contributed by atoms with Crippen LogP contribution in [0, 0.1) is 0 Å². The molecule has 2 aliphatic heterocycles. The van der Waals surface area contributed by atoms with Crippen LogP contribution in [0.5, 0.6) is 0 Å². The fraction of sp³-hybridized carbons (Fsp3) is 0.692. The lowest BCUT2D eigenvalue weighted by Crippen LogP contribution is -2.36. The number of thiazole rings is 1. The van der Waals surface area contributed by atoms with E-state index in [2.05, 4.69) is 32.5 Å². The smallest absolute Gasteiger partial charge is 0.193 e. The molecule has 3 rings (SSSR count). The van der Waals surface area contributed by atoms with Gasteiger partial charge >= 0.3 is 0 Å². The first-order valence-electron chi connectivity index (χ1n) is 7.02. The normalized spacial score (nSPS) is 18.1. The van der Waals surface area contributed by atoms with E-state index < -0.39 is 0 Å². The van der Waals surface area contributed by atoms with E-state index >= 15 is 0 Å². The number of halogens is 1. The highest BCUT2D eigenvalue weighted by molar-refractivity contribution is 14.0. The monoisotopic (exact) mass is 407 g/mol. The minimum absolute atomic E-state index is 0. The lowest BCUT2D eigenvalue weighted by molar-refractivity contribution is 0.534. The molecule has 0 aliphatic carbocycles. The Kier molecular flexibility index (Phi) is 5.88. The summed E-state index contributed by atoms with van der Waals surface area (Å²) in [5, 5.41) is 6.77. The van der Waals surface area contributed by atoms with E-state index in [0.29, 0.717) is 0 Å². The molecule has 0 spiro atoms. The van der Waals surface area contributed by atoms with E-state index in [4.69, 9.17) is 4.98 Å². The highest BCUT2D eigenvalue weighted by Crippen LogP contribution is 2.24. The number of rotatable bonds is 4. The average Bonchev–Trinajstić information content (AvgIpc) is 3.11. The Labute approximate surface area is 141 Å². The van der Waals surface area contributed by atoms with Crippen molar-refractivity contribution in [3.8, 4) is 0 Å². The summed E-state index contributed by atoms with van der Waals surface area (Å²) in [5.74, 6) is 1.02. The minimum Gasteiger partial charge on any atom is -0.356 e. The molecule has 0 aromatic carbocycles. The number of likely N-dealkylation sites (N-methyl/N-ethyl adjacent to an activating group) is 1. The maximum Gasteiger partial charge on any atom is 0.193 e. The fourth-order valence-electron chi connectivity index (χ4n) is 2.49. The third-order valence-electron chi connectivity index (χ3n) is 3.64. The van der Waals surface area contributed by atoms with E-state index in [9.17, 15) is 0 Å². The molecule has 1 fully saturated rings. The van der Waals surface area contributed by atoms with Gasteiger partial charge in [0.25, 0.3) is 0 Å². The quantitative estimate of drug-likeness (QED) is 0.774. The second kappa shape index (κ2) is 7.44. The molecule has 7 heteroatoms. The zero-order chi connectivity index (χ0) is 13.1. The summed E-state index contributed by atoms with van der Waals surface area (Å²) in [6.07, 6.45) is 3.59. The van der Waals surface area contributed by atoms with Crippen LogP contribution >= 0.6 is 35.3 Å². The van der Waals surface area contributed by atoms with Crippen LogP contribution in [0.15, 0.2) is 10.4 Å². The van der Waals surface area contributed by atoms with Crippen LogP contribution < -0.4 is 10.2 Å². The number of hydrogen-bond donors (Lipinski definition) is 1. The first-order chi connectivity index (χ1) is 9.33. The third kappa shape index (κ3) is 3.75. The zero-order valence-electron chi connectivity index (χ0n) is 11.8. The Morgan fingerprint density at radius 3 is 2.80 bits per heavy atom. The average molecular weight is 407 g/mol. The molecule has 2 aliphatic rings. The Morgan fingerprint density at radius 1 is 1.30 bits per heavy atom. The van der Waals surface area contributed by atoms with Gasteiger partial charge in [0.1, 0.15) is 0 Å². The van der Waals surface area contributed by atoms with Gasteiger partial charge in [-0.1, -0.05) is 0 Å². The van der Waals surface area contributed by atoms with Crippen molar-refractivity contribution in [1.29, 1.82) is 0 Å². The molecule has 0 unspecified atom stereocenters. The van der Waals surface area contributed by atoms with Crippen LogP contribution in [0.25, 0.3) is 0 Å². The predicted octanol–water partition coefficient (Wildman–Crippen LogP) is 1.79. The van der Waals surface area contributed by atoms with Gasteiger partial charge < -0.3 is 15.1 Å². The van der Waals surface area contributed by atoms with Crippen LogP contribution in [0.1, 0.15) is 18.5 Å². The predicted molar refractivity (Wildman–Crippen MR) is 95.6 cm³/mol. The van der Waals surface area contributed by atoms with Gasteiger partial charge in [0.15, 0.2) is 11.1 Å². The molecule has 0 amide bonds. The Balaban J connectivity index is 0.00000147. The summed E-state index contributed by atoms with van der Waals surface area (Å²) in [6.45, 7) is 5.19. The number of guanidine groups is 1. The van der Waals surface area contributed by atoms with Gasteiger partial charge in [0, 0.05) is 45.0 Å². The van der Waals surface area contributed by atoms with Gasteiger partial charge in [-0.25, -0.2) is 4.98 Å². The molecule has 0 radical (unpaired) electrons. The van der Waals surface area contributed by atoms with E-state index in [1.165, 1.54) is 36.8 Å². The largest absolute Gasteiger partial charge is 0.356 e. The molecular formula is C13H22IN5S. The van der Waals surface area contributed by atoms with Crippen LogP contribution in [0.2, 0.25) is 0 Å². The zero-order valence-corrected chi connectivity index (χ0v) is 15.0. The Hall–Kier alpha value is -0.570. The molecule has 20 heavy (non-hydrogen) atoms. The van der Waals surface area contributed by atoms with Crippen LogP contribution in [-0.4, -0.2) is 55.6 Å². The summed E-state index contributed by atoms with van der Waals surface area (Å²) in [6, 6.07) is 0. The van der Waals surface area contributed by atoms with E-state index in [1.54, 1.807) is 11.3 Å². The Bertz CT molecular complexity index is 455. The van der Waals surface area contributed by atoms with Gasteiger partial charge in [0.05, 0.1) is 12.2 Å². The maximum absolute atomic E-state index is 4.73. The van der Waals surface area contributed by atoms with Crippen molar-refractivity contribution in [1.82, 2.24) is 15.2 Å². The minimum atomic E-state index is 0.